The summed E-state index contributed by atoms with van der Waals surface area (Å²) in [7, 11) is -13.4. The van der Waals surface area contributed by atoms with Crippen LogP contribution in [0.2, 0.25) is 0 Å². The van der Waals surface area contributed by atoms with Gasteiger partial charge in [-0.25, -0.2) is 26.0 Å². The Hall–Kier alpha value is -1.35. The highest BCUT2D eigenvalue weighted by Crippen LogP contribution is 2.36. The van der Waals surface area contributed by atoms with Crippen LogP contribution in [0.15, 0.2) is 18.7 Å². The van der Waals surface area contributed by atoms with E-state index < -0.39 is 31.1 Å². The molecule has 15 heteroatoms. The number of rotatable bonds is 12. The number of aryl methyl sites for hydroxylation is 2. The minimum absolute atomic E-state index is 0.778. The van der Waals surface area contributed by atoms with Gasteiger partial charge in [0.1, 0.15) is 12.4 Å². The first-order valence-electron chi connectivity index (χ1n) is 9.99. The molecular formula is C17H29F6N3O4S2. The summed E-state index contributed by atoms with van der Waals surface area (Å²) in [4.78, 5) is 0. The van der Waals surface area contributed by atoms with Gasteiger partial charge in [-0.15, -0.1) is 0 Å². The molecule has 0 aromatic carbocycles. The number of hydrogen-bond acceptors (Lipinski definition) is 4. The van der Waals surface area contributed by atoms with E-state index in [0.29, 0.717) is 0 Å². The summed E-state index contributed by atoms with van der Waals surface area (Å²) < 4.78 is 114. The van der Waals surface area contributed by atoms with Crippen molar-refractivity contribution in [2.24, 2.45) is 0 Å². The van der Waals surface area contributed by atoms with Crippen molar-refractivity contribution in [3.05, 3.63) is 22.8 Å². The van der Waals surface area contributed by atoms with Crippen molar-refractivity contribution in [2.45, 2.75) is 89.3 Å². The van der Waals surface area contributed by atoms with Crippen molar-refractivity contribution in [1.29, 1.82) is 0 Å². The second-order valence-electron chi connectivity index (χ2n) is 6.93. The molecule has 190 valence electrons. The minimum atomic E-state index is -6.72. The predicted molar refractivity (Wildman–Crippen MR) is 106 cm³/mol. The zero-order valence-electron chi connectivity index (χ0n) is 17.9. The van der Waals surface area contributed by atoms with Crippen molar-refractivity contribution >= 4 is 20.0 Å². The van der Waals surface area contributed by atoms with Crippen molar-refractivity contribution < 1.29 is 47.7 Å². The van der Waals surface area contributed by atoms with E-state index in [1.165, 1.54) is 64.5 Å². The van der Waals surface area contributed by atoms with Crippen LogP contribution in [-0.2, 0) is 33.1 Å². The number of alkyl halides is 6. The zero-order chi connectivity index (χ0) is 25.1. The Kier molecular flexibility index (Phi) is 12.8. The fourth-order valence-electron chi connectivity index (χ4n) is 2.36. The molecule has 0 saturated heterocycles. The maximum Gasteiger partial charge on any atom is 0.480 e. The van der Waals surface area contributed by atoms with Crippen LogP contribution in [0.25, 0.3) is 4.13 Å². The van der Waals surface area contributed by atoms with E-state index >= 15 is 0 Å². The molecule has 0 spiro atoms. The molecular weight excluding hydrogens is 488 g/mol. The molecule has 0 atom stereocenters. The molecule has 7 nitrogen and oxygen atoms in total. The Morgan fingerprint density at radius 3 is 1.69 bits per heavy atom. The molecule has 0 fully saturated rings. The molecule has 0 radical (unpaired) electrons. The molecule has 1 rings (SSSR count). The van der Waals surface area contributed by atoms with Crippen LogP contribution >= 0.6 is 0 Å². The monoisotopic (exact) mass is 517 g/mol. The lowest BCUT2D eigenvalue weighted by Crippen LogP contribution is -2.30. The molecule has 1 aromatic heterocycles. The number of aromatic nitrogens is 2. The molecule has 32 heavy (non-hydrogen) atoms. The average Bonchev–Trinajstić information content (AvgIpc) is 3.08. The van der Waals surface area contributed by atoms with Gasteiger partial charge in [-0.1, -0.05) is 39.5 Å². The Bertz CT molecular complexity index is 797. The Morgan fingerprint density at radius 2 is 1.25 bits per heavy atom. The van der Waals surface area contributed by atoms with Gasteiger partial charge in [-0.05, 0) is 25.7 Å². The van der Waals surface area contributed by atoms with E-state index in [9.17, 15) is 43.2 Å². The number of unbranched alkanes of at least 4 members (excludes halogenated alkanes) is 6. The van der Waals surface area contributed by atoms with Crippen LogP contribution in [0.5, 0.6) is 0 Å². The smallest absolute Gasteiger partial charge is 0.421 e. The summed E-state index contributed by atoms with van der Waals surface area (Å²) in [6.45, 7) is 6.89. The van der Waals surface area contributed by atoms with Gasteiger partial charge in [0.15, 0.2) is 20.0 Å². The molecule has 0 bridgehead atoms. The molecule has 1 heterocycles. The molecule has 0 aliphatic carbocycles. The summed E-state index contributed by atoms with van der Waals surface area (Å²) in [5.74, 6) is 0. The minimum Gasteiger partial charge on any atom is -0.421 e. The van der Waals surface area contributed by atoms with Crippen LogP contribution in [0.1, 0.15) is 65.2 Å². The van der Waals surface area contributed by atoms with Crippen LogP contribution in [-0.4, -0.2) is 32.4 Å². The highest BCUT2D eigenvalue weighted by atomic mass is 32.3. The summed E-state index contributed by atoms with van der Waals surface area (Å²) in [6, 6.07) is 0. The van der Waals surface area contributed by atoms with Gasteiger partial charge in [0, 0.05) is 0 Å². The quantitative estimate of drug-likeness (QED) is 0.222. The average molecular weight is 518 g/mol. The number of imidazole rings is 1. The van der Waals surface area contributed by atoms with Crippen molar-refractivity contribution in [2.75, 3.05) is 0 Å². The Balaban J connectivity index is 0.000000607. The highest BCUT2D eigenvalue weighted by Gasteiger charge is 2.46. The zero-order valence-corrected chi connectivity index (χ0v) is 19.5. The number of hydrogen-bond donors (Lipinski definition) is 0. The van der Waals surface area contributed by atoms with Gasteiger partial charge in [0.25, 0.3) is 0 Å². The maximum absolute atomic E-state index is 11.4. The third-order valence-corrected chi connectivity index (χ3v) is 6.81. The molecule has 0 N–H and O–H groups in total. The van der Waals surface area contributed by atoms with Crippen molar-refractivity contribution in [3.63, 3.8) is 0 Å². The normalized spacial score (nSPS) is 13.0. The van der Waals surface area contributed by atoms with Crippen LogP contribution in [0.4, 0.5) is 26.3 Å². The van der Waals surface area contributed by atoms with E-state index in [0.717, 1.165) is 4.13 Å². The standard InChI is InChI=1S/C15H29N2.C2F6NO4S2/c1-3-5-7-9-11-16-13-14-17(15-16)12-10-8-6-4-2;3-1(4,5)14(10,11)9-15(12,13)2(6,7)8/h13-15H,3-12H2,1-2H3;/q+1;-1. The molecule has 1 aromatic rings. The lowest BCUT2D eigenvalue weighted by molar-refractivity contribution is -0.696. The first kappa shape index (κ1) is 30.6. The topological polar surface area (TPSA) is 91.2 Å². The highest BCUT2D eigenvalue weighted by molar-refractivity contribution is 8.13. The van der Waals surface area contributed by atoms with Crippen molar-refractivity contribution in [1.82, 2.24) is 4.57 Å². The van der Waals surface area contributed by atoms with Crippen LogP contribution < -0.4 is 4.57 Å². The third kappa shape index (κ3) is 11.5. The predicted octanol–water partition coefficient (Wildman–Crippen LogP) is 5.00. The Labute approximate surface area is 184 Å². The molecule has 0 unspecified atom stereocenters. The second kappa shape index (κ2) is 13.4. The summed E-state index contributed by atoms with van der Waals surface area (Å²) in [5, 5.41) is 0. The van der Waals surface area contributed by atoms with E-state index in [4.69, 9.17) is 0 Å². The fraction of sp³-hybridized carbons (Fsp3) is 0.824. The SMILES string of the molecule is CCCCCCn1cc[n+](CCCCCC)c1.O=S(=O)([N-]S(=O)(=O)C(F)(F)F)C(F)(F)F. The van der Waals surface area contributed by atoms with Crippen LogP contribution in [0.3, 0.4) is 0 Å². The van der Waals surface area contributed by atoms with Crippen LogP contribution in [0, 0.1) is 0 Å². The second-order valence-corrected chi connectivity index (χ2v) is 10.3. The molecule has 0 amide bonds. The number of nitrogens with zero attached hydrogens (tertiary/aromatic N) is 3. The van der Waals surface area contributed by atoms with Gasteiger partial charge in [-0.2, -0.15) is 26.3 Å². The van der Waals surface area contributed by atoms with Gasteiger partial charge < -0.3 is 4.13 Å². The summed E-state index contributed by atoms with van der Waals surface area (Å²) in [6.07, 6.45) is 17.4. The lowest BCUT2D eigenvalue weighted by atomic mass is 10.2. The van der Waals surface area contributed by atoms with Crippen molar-refractivity contribution in [3.8, 4) is 0 Å². The number of halogens is 6. The third-order valence-electron chi connectivity index (χ3n) is 4.07. The van der Waals surface area contributed by atoms with Gasteiger partial charge >= 0.3 is 11.0 Å². The Morgan fingerprint density at radius 1 is 0.781 bits per heavy atom. The van der Waals surface area contributed by atoms with E-state index in [2.05, 4.69) is 41.7 Å². The lowest BCUT2D eigenvalue weighted by Gasteiger charge is -2.22. The summed E-state index contributed by atoms with van der Waals surface area (Å²) >= 11 is 0. The maximum atomic E-state index is 11.4. The fourth-order valence-corrected chi connectivity index (χ4v) is 4.07. The van der Waals surface area contributed by atoms with Gasteiger partial charge in [0.2, 0.25) is 6.33 Å². The molecule has 0 aliphatic rings. The van der Waals surface area contributed by atoms with Gasteiger partial charge in [0.05, 0.1) is 13.1 Å². The van der Waals surface area contributed by atoms with E-state index in [1.807, 2.05) is 0 Å². The first-order chi connectivity index (χ1) is 14.6. The largest absolute Gasteiger partial charge is 0.480 e. The first-order valence-corrected chi connectivity index (χ1v) is 12.9. The number of sulfonamides is 2. The molecule has 0 saturated carbocycles. The summed E-state index contributed by atoms with van der Waals surface area (Å²) in [5.41, 5.74) is -12.4. The van der Waals surface area contributed by atoms with E-state index in [1.54, 1.807) is 0 Å². The molecule has 0 aliphatic heterocycles. The van der Waals surface area contributed by atoms with Gasteiger partial charge in [-0.3, -0.25) is 0 Å². The van der Waals surface area contributed by atoms with E-state index in [-0.39, 0.29) is 0 Å².